The lowest BCUT2D eigenvalue weighted by Crippen LogP contribution is -2.35. The van der Waals surface area contributed by atoms with Gasteiger partial charge in [-0.3, -0.25) is 9.59 Å². The third-order valence-corrected chi connectivity index (χ3v) is 5.18. The molecule has 0 unspecified atom stereocenters. The maximum absolute atomic E-state index is 12.6. The van der Waals surface area contributed by atoms with E-state index in [2.05, 4.69) is 10.1 Å². The van der Waals surface area contributed by atoms with Gasteiger partial charge in [0.2, 0.25) is 5.91 Å². The number of rotatable bonds is 5. The number of likely N-dealkylation sites (tertiary alicyclic amines) is 1. The molecule has 0 saturated carbocycles. The number of anilines is 1. The SMILES string of the molecule is COC(=O)c1ccc(/C=C/C(=O)Nc2ccc(C(=O)N3CCCCC3)c(Cl)c2)cc1. The Kier molecular flexibility index (Phi) is 7.25. The number of methoxy groups -OCH3 is 1. The molecule has 0 aliphatic carbocycles. The summed E-state index contributed by atoms with van der Waals surface area (Å²) in [6, 6.07) is 11.6. The van der Waals surface area contributed by atoms with Crippen LogP contribution in [0.2, 0.25) is 5.02 Å². The molecule has 3 rings (SSSR count). The highest BCUT2D eigenvalue weighted by Gasteiger charge is 2.20. The smallest absolute Gasteiger partial charge is 0.337 e. The van der Waals surface area contributed by atoms with Crippen molar-refractivity contribution in [2.75, 3.05) is 25.5 Å². The summed E-state index contributed by atoms with van der Waals surface area (Å²) < 4.78 is 4.65. The van der Waals surface area contributed by atoms with Gasteiger partial charge in [0.05, 0.1) is 23.3 Å². The molecule has 2 amide bonds. The molecule has 1 aliphatic heterocycles. The maximum atomic E-state index is 12.6. The average Bonchev–Trinajstić information content (AvgIpc) is 2.78. The normalized spacial score (nSPS) is 13.9. The fraction of sp³-hybridized carbons (Fsp3) is 0.261. The maximum Gasteiger partial charge on any atom is 0.337 e. The van der Waals surface area contributed by atoms with Gasteiger partial charge in [0, 0.05) is 24.9 Å². The third kappa shape index (κ3) is 5.48. The minimum Gasteiger partial charge on any atom is -0.465 e. The lowest BCUT2D eigenvalue weighted by atomic mass is 10.1. The van der Waals surface area contributed by atoms with E-state index in [1.54, 1.807) is 48.5 Å². The first kappa shape index (κ1) is 21.6. The summed E-state index contributed by atoms with van der Waals surface area (Å²) >= 11 is 6.30. The molecule has 7 heteroatoms. The first-order valence-electron chi connectivity index (χ1n) is 9.74. The summed E-state index contributed by atoms with van der Waals surface area (Å²) in [5.41, 5.74) is 2.15. The number of hydrogen-bond donors (Lipinski definition) is 1. The largest absolute Gasteiger partial charge is 0.465 e. The molecule has 1 N–H and O–H groups in total. The standard InChI is InChI=1S/C23H23ClN2O4/c1-30-23(29)17-8-5-16(6-9-17)7-12-21(27)25-18-10-11-19(20(24)15-18)22(28)26-13-3-2-4-14-26/h5-12,15H,2-4,13-14H2,1H3,(H,25,27)/b12-7+. The van der Waals surface area contributed by atoms with E-state index in [0.717, 1.165) is 37.9 Å². The first-order valence-corrected chi connectivity index (χ1v) is 10.1. The number of halogens is 1. The Morgan fingerprint density at radius 1 is 1.03 bits per heavy atom. The Morgan fingerprint density at radius 3 is 2.37 bits per heavy atom. The number of carbonyl (C=O) groups excluding carboxylic acids is 3. The summed E-state index contributed by atoms with van der Waals surface area (Å²) in [6.07, 6.45) is 6.18. The van der Waals surface area contributed by atoms with Crippen molar-refractivity contribution >= 4 is 41.1 Å². The zero-order valence-corrected chi connectivity index (χ0v) is 17.4. The van der Waals surface area contributed by atoms with E-state index >= 15 is 0 Å². The average molecular weight is 427 g/mol. The molecular formula is C23H23ClN2O4. The van der Waals surface area contributed by atoms with Crippen molar-refractivity contribution in [2.24, 2.45) is 0 Å². The number of hydrogen-bond acceptors (Lipinski definition) is 4. The minimum absolute atomic E-state index is 0.0760. The van der Waals surface area contributed by atoms with Crippen LogP contribution in [0.25, 0.3) is 6.08 Å². The van der Waals surface area contributed by atoms with Crippen LogP contribution in [0.3, 0.4) is 0 Å². The molecule has 30 heavy (non-hydrogen) atoms. The van der Waals surface area contributed by atoms with Crippen LogP contribution in [0.1, 0.15) is 45.5 Å². The van der Waals surface area contributed by atoms with Gasteiger partial charge in [0.15, 0.2) is 0 Å². The van der Waals surface area contributed by atoms with Crippen LogP contribution < -0.4 is 5.32 Å². The highest BCUT2D eigenvalue weighted by atomic mass is 35.5. The zero-order chi connectivity index (χ0) is 21.5. The molecule has 0 bridgehead atoms. The number of esters is 1. The first-order chi connectivity index (χ1) is 14.5. The van der Waals surface area contributed by atoms with Crippen molar-refractivity contribution in [3.05, 3.63) is 70.3 Å². The number of nitrogens with one attached hydrogen (secondary N) is 1. The van der Waals surface area contributed by atoms with E-state index in [1.165, 1.54) is 13.2 Å². The van der Waals surface area contributed by atoms with E-state index in [9.17, 15) is 14.4 Å². The number of benzene rings is 2. The van der Waals surface area contributed by atoms with E-state index in [4.69, 9.17) is 11.6 Å². The van der Waals surface area contributed by atoms with Gasteiger partial charge < -0.3 is 15.0 Å². The molecule has 6 nitrogen and oxygen atoms in total. The molecule has 1 fully saturated rings. The second kappa shape index (κ2) is 10.1. The lowest BCUT2D eigenvalue weighted by Gasteiger charge is -2.27. The van der Waals surface area contributed by atoms with E-state index in [1.807, 2.05) is 4.90 Å². The van der Waals surface area contributed by atoms with Crippen LogP contribution in [0.15, 0.2) is 48.5 Å². The fourth-order valence-corrected chi connectivity index (χ4v) is 3.50. The van der Waals surface area contributed by atoms with Crippen LogP contribution >= 0.6 is 11.6 Å². The second-order valence-electron chi connectivity index (χ2n) is 6.98. The molecule has 0 radical (unpaired) electrons. The molecule has 156 valence electrons. The molecule has 1 saturated heterocycles. The molecule has 0 aromatic heterocycles. The Bertz CT molecular complexity index is 964. The van der Waals surface area contributed by atoms with Gasteiger partial charge in [-0.2, -0.15) is 0 Å². The number of piperidine rings is 1. The Labute approximate surface area is 180 Å². The van der Waals surface area contributed by atoms with Gasteiger partial charge in [-0.05, 0) is 61.2 Å². The van der Waals surface area contributed by atoms with Crippen LogP contribution in [-0.4, -0.2) is 42.9 Å². The van der Waals surface area contributed by atoms with Crippen LogP contribution in [0.4, 0.5) is 5.69 Å². The number of nitrogens with zero attached hydrogens (tertiary/aromatic N) is 1. The lowest BCUT2D eigenvalue weighted by molar-refractivity contribution is -0.111. The summed E-state index contributed by atoms with van der Waals surface area (Å²) in [6.45, 7) is 1.50. The molecule has 0 spiro atoms. The fourth-order valence-electron chi connectivity index (χ4n) is 3.24. The topological polar surface area (TPSA) is 75.7 Å². The highest BCUT2D eigenvalue weighted by Crippen LogP contribution is 2.24. The number of ether oxygens (including phenoxy) is 1. The van der Waals surface area contributed by atoms with Gasteiger partial charge >= 0.3 is 5.97 Å². The molecular weight excluding hydrogens is 404 g/mol. The molecule has 1 heterocycles. The van der Waals surface area contributed by atoms with Crippen LogP contribution in [0, 0.1) is 0 Å². The number of amides is 2. The molecule has 0 atom stereocenters. The predicted octanol–water partition coefficient (Wildman–Crippen LogP) is 4.40. The van der Waals surface area contributed by atoms with Gasteiger partial charge in [-0.15, -0.1) is 0 Å². The monoisotopic (exact) mass is 426 g/mol. The molecule has 2 aromatic carbocycles. The molecule has 2 aromatic rings. The van der Waals surface area contributed by atoms with Gasteiger partial charge in [-0.1, -0.05) is 23.7 Å². The van der Waals surface area contributed by atoms with Gasteiger partial charge in [-0.25, -0.2) is 4.79 Å². The van der Waals surface area contributed by atoms with Crippen molar-refractivity contribution in [3.8, 4) is 0 Å². The minimum atomic E-state index is -0.414. The summed E-state index contributed by atoms with van der Waals surface area (Å²) in [7, 11) is 1.32. The zero-order valence-electron chi connectivity index (χ0n) is 16.7. The van der Waals surface area contributed by atoms with Crippen molar-refractivity contribution in [1.82, 2.24) is 4.90 Å². The van der Waals surface area contributed by atoms with Crippen LogP contribution in [-0.2, 0) is 9.53 Å². The third-order valence-electron chi connectivity index (χ3n) is 4.87. The van der Waals surface area contributed by atoms with E-state index in [-0.39, 0.29) is 11.8 Å². The number of carbonyl (C=O) groups is 3. The quantitative estimate of drug-likeness (QED) is 0.567. The van der Waals surface area contributed by atoms with Crippen molar-refractivity contribution in [1.29, 1.82) is 0 Å². The van der Waals surface area contributed by atoms with Crippen molar-refractivity contribution in [3.63, 3.8) is 0 Å². The van der Waals surface area contributed by atoms with Crippen molar-refractivity contribution in [2.45, 2.75) is 19.3 Å². The Hall–Kier alpha value is -3.12. The summed E-state index contributed by atoms with van der Waals surface area (Å²) in [5.74, 6) is -0.826. The van der Waals surface area contributed by atoms with Gasteiger partial charge in [0.25, 0.3) is 5.91 Å². The van der Waals surface area contributed by atoms with Gasteiger partial charge in [0.1, 0.15) is 0 Å². The van der Waals surface area contributed by atoms with E-state index in [0.29, 0.717) is 21.8 Å². The predicted molar refractivity (Wildman–Crippen MR) is 117 cm³/mol. The second-order valence-corrected chi connectivity index (χ2v) is 7.39. The van der Waals surface area contributed by atoms with Crippen molar-refractivity contribution < 1.29 is 19.1 Å². The van der Waals surface area contributed by atoms with E-state index < -0.39 is 5.97 Å². The van der Waals surface area contributed by atoms with Crippen LogP contribution in [0.5, 0.6) is 0 Å². The summed E-state index contributed by atoms with van der Waals surface area (Å²) in [4.78, 5) is 38.1. The Balaban J connectivity index is 1.61. The molecule has 1 aliphatic rings. The summed E-state index contributed by atoms with van der Waals surface area (Å²) in [5, 5.41) is 3.04. The Morgan fingerprint density at radius 2 is 1.73 bits per heavy atom. The highest BCUT2D eigenvalue weighted by molar-refractivity contribution is 6.34.